The maximum absolute atomic E-state index is 12.0. The van der Waals surface area contributed by atoms with E-state index in [1.807, 2.05) is 40.9 Å². The fourth-order valence-electron chi connectivity index (χ4n) is 1.86. The molecule has 2 heterocycles. The van der Waals surface area contributed by atoms with Crippen molar-refractivity contribution in [3.05, 3.63) is 24.3 Å². The largest absolute Gasteiger partial charge is 0.323 e. The number of carbonyl (C=O) groups excluding carboxylic acids is 1. The highest BCUT2D eigenvalue weighted by atomic mass is 32.2. The summed E-state index contributed by atoms with van der Waals surface area (Å²) >= 11 is 3.41. The van der Waals surface area contributed by atoms with Crippen molar-refractivity contribution < 1.29 is 4.79 Å². The number of urea groups is 1. The van der Waals surface area contributed by atoms with Gasteiger partial charge in [-0.05, 0) is 12.1 Å². The Labute approximate surface area is 113 Å². The van der Waals surface area contributed by atoms with E-state index in [1.54, 1.807) is 0 Å². The Hall–Kier alpha value is -1.27. The molecule has 0 unspecified atom stereocenters. The third-order valence-electron chi connectivity index (χ3n) is 2.81. The fourth-order valence-corrected chi connectivity index (χ4v) is 3.62. The van der Waals surface area contributed by atoms with Crippen molar-refractivity contribution in [2.75, 3.05) is 29.9 Å². The van der Waals surface area contributed by atoms with Crippen molar-refractivity contribution in [1.82, 2.24) is 9.88 Å². The molecule has 0 aliphatic carbocycles. The Morgan fingerprint density at radius 3 is 2.83 bits per heavy atom. The number of para-hydroxylation sites is 1. The molecule has 18 heavy (non-hydrogen) atoms. The summed E-state index contributed by atoms with van der Waals surface area (Å²) in [7, 11) is 0. The minimum atomic E-state index is -0.0330. The van der Waals surface area contributed by atoms with E-state index in [9.17, 15) is 4.79 Å². The molecule has 1 saturated heterocycles. The molecule has 94 valence electrons. The summed E-state index contributed by atoms with van der Waals surface area (Å²) in [5.74, 6) is 2.04. The molecule has 0 atom stereocenters. The average Bonchev–Trinajstić information content (AvgIpc) is 2.82. The zero-order valence-corrected chi connectivity index (χ0v) is 11.4. The molecule has 1 N–H and O–H groups in total. The first kappa shape index (κ1) is 11.8. The number of rotatable bonds is 1. The quantitative estimate of drug-likeness (QED) is 0.873. The van der Waals surface area contributed by atoms with Gasteiger partial charge < -0.3 is 4.90 Å². The van der Waals surface area contributed by atoms with Crippen molar-refractivity contribution in [3.63, 3.8) is 0 Å². The van der Waals surface area contributed by atoms with Gasteiger partial charge in [0.15, 0.2) is 5.13 Å². The lowest BCUT2D eigenvalue weighted by atomic mass is 10.3. The van der Waals surface area contributed by atoms with Crippen LogP contribution >= 0.6 is 23.1 Å². The molecule has 0 bridgehead atoms. The van der Waals surface area contributed by atoms with Gasteiger partial charge in [0.2, 0.25) is 0 Å². The molecular weight excluding hydrogens is 266 g/mol. The second-order valence-electron chi connectivity index (χ2n) is 4.02. The van der Waals surface area contributed by atoms with Crippen LogP contribution in [0.25, 0.3) is 10.2 Å². The molecule has 1 aromatic carbocycles. The number of hydrogen-bond acceptors (Lipinski definition) is 4. The molecular formula is C12H13N3OS2. The number of fused-ring (bicyclic) bond motifs is 1. The van der Waals surface area contributed by atoms with E-state index in [0.717, 1.165) is 34.8 Å². The SMILES string of the molecule is O=C(Nc1nc2ccccc2s1)N1CCSCC1. The highest BCUT2D eigenvalue weighted by Crippen LogP contribution is 2.25. The number of hydrogen-bond donors (Lipinski definition) is 1. The van der Waals surface area contributed by atoms with E-state index >= 15 is 0 Å². The fraction of sp³-hybridized carbons (Fsp3) is 0.333. The first-order valence-electron chi connectivity index (χ1n) is 5.82. The van der Waals surface area contributed by atoms with E-state index in [4.69, 9.17) is 0 Å². The Kier molecular flexibility index (Phi) is 3.38. The number of carbonyl (C=O) groups is 1. The molecule has 4 nitrogen and oxygen atoms in total. The Morgan fingerprint density at radius 1 is 1.28 bits per heavy atom. The van der Waals surface area contributed by atoms with Crippen molar-refractivity contribution in [1.29, 1.82) is 0 Å². The van der Waals surface area contributed by atoms with Crippen LogP contribution in [0.15, 0.2) is 24.3 Å². The van der Waals surface area contributed by atoms with Gasteiger partial charge in [0.25, 0.3) is 0 Å². The van der Waals surface area contributed by atoms with Gasteiger partial charge in [-0.2, -0.15) is 11.8 Å². The third kappa shape index (κ3) is 2.44. The van der Waals surface area contributed by atoms with Crippen LogP contribution in [0.4, 0.5) is 9.93 Å². The molecule has 1 aliphatic rings. The van der Waals surface area contributed by atoms with Gasteiger partial charge in [0.1, 0.15) is 0 Å². The number of aromatic nitrogens is 1. The molecule has 0 radical (unpaired) electrons. The van der Waals surface area contributed by atoms with E-state index < -0.39 is 0 Å². The number of anilines is 1. The lowest BCUT2D eigenvalue weighted by molar-refractivity contribution is 0.217. The van der Waals surface area contributed by atoms with Crippen LogP contribution in [0, 0.1) is 0 Å². The van der Waals surface area contributed by atoms with Crippen molar-refractivity contribution >= 4 is 44.5 Å². The molecule has 0 saturated carbocycles. The van der Waals surface area contributed by atoms with E-state index in [1.165, 1.54) is 11.3 Å². The zero-order chi connectivity index (χ0) is 12.4. The van der Waals surface area contributed by atoms with Crippen LogP contribution in [0.3, 0.4) is 0 Å². The normalized spacial score (nSPS) is 15.9. The van der Waals surface area contributed by atoms with Crippen LogP contribution in [-0.2, 0) is 0 Å². The number of thiazole rings is 1. The maximum Gasteiger partial charge on any atom is 0.323 e. The van der Waals surface area contributed by atoms with Gasteiger partial charge in [0, 0.05) is 24.6 Å². The Balaban J connectivity index is 1.73. The van der Waals surface area contributed by atoms with Crippen molar-refractivity contribution in [2.24, 2.45) is 0 Å². The zero-order valence-electron chi connectivity index (χ0n) is 9.76. The topological polar surface area (TPSA) is 45.2 Å². The van der Waals surface area contributed by atoms with E-state index in [-0.39, 0.29) is 6.03 Å². The number of thioether (sulfide) groups is 1. The minimum Gasteiger partial charge on any atom is -0.323 e. The molecule has 6 heteroatoms. The number of nitrogens with zero attached hydrogens (tertiary/aromatic N) is 2. The first-order valence-corrected chi connectivity index (χ1v) is 7.79. The van der Waals surface area contributed by atoms with Crippen molar-refractivity contribution in [3.8, 4) is 0 Å². The Bertz CT molecular complexity index is 530. The summed E-state index contributed by atoms with van der Waals surface area (Å²) in [5.41, 5.74) is 0.937. The number of benzene rings is 1. The summed E-state index contributed by atoms with van der Waals surface area (Å²) in [6, 6.07) is 7.87. The Morgan fingerprint density at radius 2 is 2.06 bits per heavy atom. The minimum absolute atomic E-state index is 0.0330. The molecule has 1 aliphatic heterocycles. The summed E-state index contributed by atoms with van der Waals surface area (Å²) in [5, 5.41) is 3.57. The predicted molar refractivity (Wildman–Crippen MR) is 77.5 cm³/mol. The molecule has 0 spiro atoms. The second kappa shape index (κ2) is 5.16. The van der Waals surface area contributed by atoms with Crippen LogP contribution in [0.1, 0.15) is 0 Å². The summed E-state index contributed by atoms with van der Waals surface area (Å²) < 4.78 is 1.10. The van der Waals surface area contributed by atoms with Gasteiger partial charge in [0.05, 0.1) is 10.2 Å². The number of nitrogens with one attached hydrogen (secondary N) is 1. The van der Waals surface area contributed by atoms with Gasteiger partial charge >= 0.3 is 6.03 Å². The monoisotopic (exact) mass is 279 g/mol. The van der Waals surface area contributed by atoms with Gasteiger partial charge in [-0.3, -0.25) is 5.32 Å². The molecule has 1 fully saturated rings. The molecule has 1 aromatic heterocycles. The van der Waals surface area contributed by atoms with Crippen molar-refractivity contribution in [2.45, 2.75) is 0 Å². The standard InChI is InChI=1S/C12H13N3OS2/c16-12(15-5-7-17-8-6-15)14-11-13-9-3-1-2-4-10(9)18-11/h1-4H,5-8H2,(H,13,14,16). The van der Waals surface area contributed by atoms with Crippen LogP contribution in [0.5, 0.6) is 0 Å². The lowest BCUT2D eigenvalue weighted by Gasteiger charge is -2.25. The van der Waals surface area contributed by atoms with Gasteiger partial charge in [-0.25, -0.2) is 9.78 Å². The van der Waals surface area contributed by atoms with E-state index in [0.29, 0.717) is 5.13 Å². The van der Waals surface area contributed by atoms with Gasteiger partial charge in [-0.15, -0.1) is 0 Å². The smallest absolute Gasteiger partial charge is 0.323 e. The second-order valence-corrected chi connectivity index (χ2v) is 6.27. The molecule has 3 rings (SSSR count). The predicted octanol–water partition coefficient (Wildman–Crippen LogP) is 2.88. The van der Waals surface area contributed by atoms with Crippen LogP contribution in [0.2, 0.25) is 0 Å². The first-order chi connectivity index (χ1) is 8.83. The van der Waals surface area contributed by atoms with Crippen LogP contribution < -0.4 is 5.32 Å². The number of amides is 2. The maximum atomic E-state index is 12.0. The highest BCUT2D eigenvalue weighted by molar-refractivity contribution is 7.99. The van der Waals surface area contributed by atoms with E-state index in [2.05, 4.69) is 10.3 Å². The molecule has 2 aromatic rings. The van der Waals surface area contributed by atoms with Crippen LogP contribution in [-0.4, -0.2) is 40.5 Å². The summed E-state index contributed by atoms with van der Waals surface area (Å²) in [4.78, 5) is 18.3. The lowest BCUT2D eigenvalue weighted by Crippen LogP contribution is -2.40. The molecule has 2 amide bonds. The summed E-state index contributed by atoms with van der Waals surface area (Å²) in [6.07, 6.45) is 0. The summed E-state index contributed by atoms with van der Waals surface area (Å²) in [6.45, 7) is 1.64. The highest BCUT2D eigenvalue weighted by Gasteiger charge is 2.17. The average molecular weight is 279 g/mol. The third-order valence-corrected chi connectivity index (χ3v) is 4.70. The van der Waals surface area contributed by atoms with Gasteiger partial charge in [-0.1, -0.05) is 23.5 Å².